The first-order valence-corrected chi connectivity index (χ1v) is 12.8. The molecule has 0 bridgehead atoms. The number of imidazole rings is 1. The number of fused-ring (bicyclic) bond motifs is 3. The summed E-state index contributed by atoms with van der Waals surface area (Å²) < 4.78 is 14.1. The molecule has 5 rings (SSSR count). The van der Waals surface area contributed by atoms with Gasteiger partial charge in [0.25, 0.3) is 0 Å². The van der Waals surface area contributed by atoms with Gasteiger partial charge in [-0.15, -0.1) is 0 Å². The summed E-state index contributed by atoms with van der Waals surface area (Å²) in [6, 6.07) is 13.5. The second-order valence-corrected chi connectivity index (χ2v) is 9.59. The maximum absolute atomic E-state index is 12.4. The molecular weight excluding hydrogens is 464 g/mol. The summed E-state index contributed by atoms with van der Waals surface area (Å²) in [5.74, 6) is 0.950. The third-order valence-corrected chi connectivity index (χ3v) is 7.19. The van der Waals surface area contributed by atoms with Gasteiger partial charge in [0.1, 0.15) is 11.5 Å². The number of thiazole rings is 1. The summed E-state index contributed by atoms with van der Waals surface area (Å²) in [4.78, 5) is 29.7. The van der Waals surface area contributed by atoms with E-state index < -0.39 is 5.97 Å². The number of hydrogen-bond donors (Lipinski definition) is 2. The zero-order chi connectivity index (χ0) is 24.2. The fourth-order valence-corrected chi connectivity index (χ4v) is 5.48. The summed E-state index contributed by atoms with van der Waals surface area (Å²) in [5, 5.41) is 6.04. The minimum Gasteiger partial charge on any atom is -0.461 e. The lowest BCUT2D eigenvalue weighted by Crippen LogP contribution is -2.42. The molecule has 4 aromatic rings. The van der Waals surface area contributed by atoms with Gasteiger partial charge in [0.15, 0.2) is 10.7 Å². The van der Waals surface area contributed by atoms with Crippen LogP contribution in [0.4, 0.5) is 4.79 Å². The second-order valence-electron chi connectivity index (χ2n) is 8.59. The third-order valence-electron chi connectivity index (χ3n) is 6.17. The number of ether oxygens (including phenoxy) is 2. The fourth-order valence-electron chi connectivity index (χ4n) is 4.45. The summed E-state index contributed by atoms with van der Waals surface area (Å²) in [6.45, 7) is 2.46. The predicted molar refractivity (Wildman–Crippen MR) is 135 cm³/mol. The van der Waals surface area contributed by atoms with Gasteiger partial charge in [-0.05, 0) is 38.0 Å². The number of hydrogen-bond acceptors (Lipinski definition) is 6. The Labute approximate surface area is 207 Å². The molecule has 1 aliphatic carbocycles. The maximum atomic E-state index is 12.4. The summed E-state index contributed by atoms with van der Waals surface area (Å²) >= 11 is 1.48. The Morgan fingerprint density at radius 2 is 1.97 bits per heavy atom. The number of para-hydroxylation sites is 1. The number of rotatable bonds is 7. The lowest BCUT2D eigenvalue weighted by molar-refractivity contribution is 0.0518. The molecule has 0 saturated heterocycles. The summed E-state index contributed by atoms with van der Waals surface area (Å²) in [7, 11) is 0. The standard InChI is InChI=1S/C26H28N4O4S/c1-2-33-24(31)21-16-28-26-30(21)20-13-12-19(14-23(20)35-26)34-22-11-7-6-8-17(22)15-27-25(32)29-18-9-4-3-5-10-18/h6-8,11-14,16,18H,2-5,9-10,15H2,1H3,(H2,27,29,32). The Hall–Kier alpha value is -3.59. The number of carbonyl (C=O) groups is 2. The van der Waals surface area contributed by atoms with Crippen molar-refractivity contribution in [1.29, 1.82) is 0 Å². The van der Waals surface area contributed by atoms with Crippen LogP contribution in [0.1, 0.15) is 55.1 Å². The normalized spacial score (nSPS) is 14.2. The number of nitrogens with one attached hydrogen (secondary N) is 2. The molecule has 2 amide bonds. The van der Waals surface area contributed by atoms with Crippen molar-refractivity contribution >= 4 is 38.5 Å². The van der Waals surface area contributed by atoms with Gasteiger partial charge in [0, 0.05) is 24.2 Å². The Morgan fingerprint density at radius 1 is 1.14 bits per heavy atom. The lowest BCUT2D eigenvalue weighted by Gasteiger charge is -2.23. The molecular formula is C26H28N4O4S. The van der Waals surface area contributed by atoms with Crippen molar-refractivity contribution in [2.24, 2.45) is 0 Å². The van der Waals surface area contributed by atoms with E-state index in [4.69, 9.17) is 9.47 Å². The van der Waals surface area contributed by atoms with E-state index in [-0.39, 0.29) is 12.1 Å². The molecule has 0 aliphatic heterocycles. The monoisotopic (exact) mass is 492 g/mol. The van der Waals surface area contributed by atoms with Gasteiger partial charge in [0.05, 0.1) is 23.0 Å². The van der Waals surface area contributed by atoms with Crippen molar-refractivity contribution in [3.8, 4) is 11.5 Å². The van der Waals surface area contributed by atoms with Crippen LogP contribution in [0, 0.1) is 0 Å². The van der Waals surface area contributed by atoms with Gasteiger partial charge in [0.2, 0.25) is 0 Å². The first-order valence-electron chi connectivity index (χ1n) is 12.0. The zero-order valence-corrected chi connectivity index (χ0v) is 20.4. The first-order chi connectivity index (χ1) is 17.1. The molecule has 0 spiro atoms. The van der Waals surface area contributed by atoms with Crippen LogP contribution in [-0.2, 0) is 11.3 Å². The third kappa shape index (κ3) is 5.09. The van der Waals surface area contributed by atoms with Crippen LogP contribution in [0.25, 0.3) is 15.2 Å². The van der Waals surface area contributed by atoms with E-state index in [0.29, 0.717) is 35.3 Å². The van der Waals surface area contributed by atoms with E-state index in [1.807, 2.05) is 46.9 Å². The van der Waals surface area contributed by atoms with Crippen LogP contribution in [0.5, 0.6) is 11.5 Å². The van der Waals surface area contributed by atoms with Crippen LogP contribution in [0.2, 0.25) is 0 Å². The number of nitrogens with zero attached hydrogens (tertiary/aromatic N) is 2. The molecule has 2 N–H and O–H groups in total. The molecule has 0 radical (unpaired) electrons. The van der Waals surface area contributed by atoms with Gasteiger partial charge < -0.3 is 20.1 Å². The van der Waals surface area contributed by atoms with Crippen LogP contribution in [-0.4, -0.2) is 34.0 Å². The van der Waals surface area contributed by atoms with E-state index in [9.17, 15) is 9.59 Å². The highest BCUT2D eigenvalue weighted by atomic mass is 32.1. The molecule has 8 nitrogen and oxygen atoms in total. The largest absolute Gasteiger partial charge is 0.461 e. The molecule has 1 fully saturated rings. The van der Waals surface area contributed by atoms with E-state index in [1.54, 1.807) is 13.1 Å². The summed E-state index contributed by atoms with van der Waals surface area (Å²) in [6.07, 6.45) is 7.23. The number of amides is 2. The highest BCUT2D eigenvalue weighted by Crippen LogP contribution is 2.33. The molecule has 2 aromatic heterocycles. The Balaban J connectivity index is 1.30. The predicted octanol–water partition coefficient (Wildman–Crippen LogP) is 5.65. The van der Waals surface area contributed by atoms with E-state index in [0.717, 1.165) is 28.6 Å². The Morgan fingerprint density at radius 3 is 2.80 bits per heavy atom. The number of urea groups is 1. The van der Waals surface area contributed by atoms with Gasteiger partial charge >= 0.3 is 12.0 Å². The molecule has 2 heterocycles. The summed E-state index contributed by atoms with van der Waals surface area (Å²) in [5.41, 5.74) is 2.16. The molecule has 9 heteroatoms. The van der Waals surface area contributed by atoms with Crippen molar-refractivity contribution in [2.45, 2.75) is 51.6 Å². The topological polar surface area (TPSA) is 94.0 Å². The molecule has 0 unspecified atom stereocenters. The Bertz CT molecular complexity index is 1360. The van der Waals surface area contributed by atoms with Crippen molar-refractivity contribution in [1.82, 2.24) is 20.0 Å². The van der Waals surface area contributed by atoms with Crippen LogP contribution in [0.15, 0.2) is 48.7 Å². The number of esters is 1. The van der Waals surface area contributed by atoms with Crippen molar-refractivity contribution in [3.05, 3.63) is 59.9 Å². The minimum atomic E-state index is -0.394. The van der Waals surface area contributed by atoms with Gasteiger partial charge in [-0.25, -0.2) is 14.6 Å². The zero-order valence-electron chi connectivity index (χ0n) is 19.6. The highest BCUT2D eigenvalue weighted by molar-refractivity contribution is 7.23. The minimum absolute atomic E-state index is 0.146. The highest BCUT2D eigenvalue weighted by Gasteiger charge is 2.18. The molecule has 1 saturated carbocycles. The van der Waals surface area contributed by atoms with Gasteiger partial charge in [-0.2, -0.15) is 0 Å². The van der Waals surface area contributed by atoms with Crippen molar-refractivity contribution < 1.29 is 19.1 Å². The molecule has 2 aromatic carbocycles. The first kappa shape index (κ1) is 23.2. The van der Waals surface area contributed by atoms with Gasteiger partial charge in [-0.3, -0.25) is 4.40 Å². The fraction of sp³-hybridized carbons (Fsp3) is 0.346. The maximum Gasteiger partial charge on any atom is 0.357 e. The number of benzene rings is 2. The van der Waals surface area contributed by atoms with E-state index >= 15 is 0 Å². The quantitative estimate of drug-likeness (QED) is 0.325. The molecule has 1 aliphatic rings. The second kappa shape index (κ2) is 10.4. The van der Waals surface area contributed by atoms with Crippen molar-refractivity contribution in [2.75, 3.05) is 6.61 Å². The van der Waals surface area contributed by atoms with Crippen molar-refractivity contribution in [3.63, 3.8) is 0 Å². The smallest absolute Gasteiger partial charge is 0.357 e. The molecule has 35 heavy (non-hydrogen) atoms. The Kier molecular flexibility index (Phi) is 6.85. The van der Waals surface area contributed by atoms with Crippen LogP contribution < -0.4 is 15.4 Å². The average molecular weight is 493 g/mol. The van der Waals surface area contributed by atoms with E-state index in [2.05, 4.69) is 15.6 Å². The average Bonchev–Trinajstić information content (AvgIpc) is 3.43. The van der Waals surface area contributed by atoms with Crippen LogP contribution >= 0.6 is 11.3 Å². The van der Waals surface area contributed by atoms with Gasteiger partial charge in [-0.1, -0.05) is 48.8 Å². The van der Waals surface area contributed by atoms with Crippen LogP contribution in [0.3, 0.4) is 0 Å². The lowest BCUT2D eigenvalue weighted by atomic mass is 9.96. The number of carbonyl (C=O) groups excluding carboxylic acids is 2. The van der Waals surface area contributed by atoms with E-state index in [1.165, 1.54) is 30.6 Å². The molecule has 0 atom stereocenters. The number of aromatic nitrogens is 2. The SMILES string of the molecule is CCOC(=O)c1cnc2sc3cc(Oc4ccccc4CNC(=O)NC4CCCCC4)ccc3n12. The molecule has 182 valence electrons.